The number of rotatable bonds is 10. The van der Waals surface area contributed by atoms with Crippen molar-refractivity contribution in [3.8, 4) is 5.75 Å². The van der Waals surface area contributed by atoms with Gasteiger partial charge in [0.05, 0.1) is 29.9 Å². The molecule has 0 fully saturated rings. The maximum atomic E-state index is 13.9. The Bertz CT molecular complexity index is 1660. The number of hydrogen-bond acceptors (Lipinski definition) is 8. The Kier molecular flexibility index (Phi) is 7.84. The van der Waals surface area contributed by atoms with E-state index >= 15 is 0 Å². The monoisotopic (exact) mass is 569 g/mol. The van der Waals surface area contributed by atoms with Crippen LogP contribution in [0, 0.1) is 5.92 Å². The van der Waals surface area contributed by atoms with Gasteiger partial charge in [-0.1, -0.05) is 30.3 Å². The fourth-order valence-corrected chi connectivity index (χ4v) is 6.96. The number of nitrogens with zero attached hydrogens (tertiary/aromatic N) is 5. The molecule has 2 N–H and O–H groups in total. The van der Waals surface area contributed by atoms with E-state index in [1.54, 1.807) is 31.0 Å². The lowest BCUT2D eigenvalue weighted by Gasteiger charge is -2.30. The number of fused-ring (bicyclic) bond motifs is 4. The first-order chi connectivity index (χ1) is 20.0. The second-order valence-corrected chi connectivity index (χ2v) is 12.0. The summed E-state index contributed by atoms with van der Waals surface area (Å²) in [4.78, 5) is 29.6. The average molecular weight is 570 g/mol. The van der Waals surface area contributed by atoms with Gasteiger partial charge in [-0.05, 0) is 63.5 Å². The SMILES string of the molecule is COc1cc2[nH]ncc2cc1Nc1ncnc2sc3c(c12)CC[C@H](C(=O)N(CCCN(C)C)Cc1ccccc1)C3. The Morgan fingerprint density at radius 1 is 1.17 bits per heavy atom. The molecule has 212 valence electrons. The number of carbonyl (C=O) groups excluding carboxylic acids is 1. The van der Waals surface area contributed by atoms with E-state index in [1.165, 1.54) is 16.0 Å². The number of hydrogen-bond donors (Lipinski definition) is 2. The molecule has 0 spiro atoms. The predicted molar refractivity (Wildman–Crippen MR) is 164 cm³/mol. The van der Waals surface area contributed by atoms with Gasteiger partial charge in [0.15, 0.2) is 0 Å². The number of nitrogens with one attached hydrogen (secondary N) is 2. The van der Waals surface area contributed by atoms with E-state index in [-0.39, 0.29) is 11.8 Å². The Morgan fingerprint density at radius 2 is 2.02 bits per heavy atom. The quantitative estimate of drug-likeness (QED) is 0.232. The van der Waals surface area contributed by atoms with Crippen molar-refractivity contribution in [3.05, 3.63) is 71.0 Å². The van der Waals surface area contributed by atoms with Gasteiger partial charge >= 0.3 is 0 Å². The molecule has 0 aliphatic heterocycles. The van der Waals surface area contributed by atoms with Gasteiger partial charge in [-0.2, -0.15) is 5.10 Å². The number of H-pyrrole nitrogens is 1. The zero-order valence-corrected chi connectivity index (χ0v) is 24.5. The van der Waals surface area contributed by atoms with Crippen LogP contribution < -0.4 is 10.1 Å². The van der Waals surface area contributed by atoms with Crippen LogP contribution in [0.4, 0.5) is 11.5 Å². The molecule has 3 aromatic heterocycles. The molecule has 0 saturated heterocycles. The molecule has 3 heterocycles. The van der Waals surface area contributed by atoms with E-state index in [1.807, 2.05) is 30.3 Å². The topological polar surface area (TPSA) is 99.3 Å². The summed E-state index contributed by atoms with van der Waals surface area (Å²) in [6.45, 7) is 2.35. The van der Waals surface area contributed by atoms with E-state index in [9.17, 15) is 4.79 Å². The van der Waals surface area contributed by atoms with E-state index in [4.69, 9.17) is 4.74 Å². The van der Waals surface area contributed by atoms with Gasteiger partial charge in [0.1, 0.15) is 22.7 Å². The lowest BCUT2D eigenvalue weighted by Crippen LogP contribution is -2.39. The Morgan fingerprint density at radius 3 is 2.83 bits per heavy atom. The molecular formula is C31H35N7O2S. The molecule has 0 bridgehead atoms. The van der Waals surface area contributed by atoms with Crippen molar-refractivity contribution >= 4 is 49.9 Å². The van der Waals surface area contributed by atoms with Gasteiger partial charge < -0.3 is 19.9 Å². The highest BCUT2D eigenvalue weighted by Gasteiger charge is 2.32. The van der Waals surface area contributed by atoms with Crippen molar-refractivity contribution in [2.45, 2.75) is 32.2 Å². The minimum Gasteiger partial charge on any atom is -0.494 e. The molecule has 10 heteroatoms. The molecule has 0 unspecified atom stereocenters. The van der Waals surface area contributed by atoms with Crippen LogP contribution >= 0.6 is 11.3 Å². The first kappa shape index (κ1) is 27.2. The number of ether oxygens (including phenoxy) is 1. The summed E-state index contributed by atoms with van der Waals surface area (Å²) in [5.41, 5.74) is 4.15. The van der Waals surface area contributed by atoms with Gasteiger partial charge in [-0.25, -0.2) is 9.97 Å². The normalized spacial score (nSPS) is 14.9. The average Bonchev–Trinajstić information content (AvgIpc) is 3.60. The molecule has 0 saturated carbocycles. The molecule has 0 radical (unpaired) electrons. The van der Waals surface area contributed by atoms with Gasteiger partial charge in [0, 0.05) is 35.3 Å². The van der Waals surface area contributed by atoms with Gasteiger partial charge in [0.2, 0.25) is 5.91 Å². The van der Waals surface area contributed by atoms with E-state index in [2.05, 4.69) is 61.5 Å². The molecule has 1 aliphatic carbocycles. The number of methoxy groups -OCH3 is 1. The maximum Gasteiger partial charge on any atom is 0.226 e. The summed E-state index contributed by atoms with van der Waals surface area (Å²) in [6.07, 6.45) is 6.71. The molecule has 1 atom stereocenters. The zero-order chi connectivity index (χ0) is 28.3. The maximum absolute atomic E-state index is 13.9. The molecule has 9 nitrogen and oxygen atoms in total. The lowest BCUT2D eigenvalue weighted by molar-refractivity contribution is -0.136. The summed E-state index contributed by atoms with van der Waals surface area (Å²) in [5, 5.41) is 12.7. The first-order valence-corrected chi connectivity index (χ1v) is 14.8. The molecular weight excluding hydrogens is 534 g/mol. The number of thiophene rings is 1. The molecule has 41 heavy (non-hydrogen) atoms. The molecule has 2 aromatic carbocycles. The highest BCUT2D eigenvalue weighted by molar-refractivity contribution is 7.19. The highest BCUT2D eigenvalue weighted by Crippen LogP contribution is 2.42. The van der Waals surface area contributed by atoms with Crippen LogP contribution in [-0.4, -0.2) is 70.2 Å². The fourth-order valence-electron chi connectivity index (χ4n) is 5.69. The highest BCUT2D eigenvalue weighted by atomic mass is 32.1. The van der Waals surface area contributed by atoms with Crippen LogP contribution in [0.5, 0.6) is 5.75 Å². The largest absolute Gasteiger partial charge is 0.494 e. The minimum absolute atomic E-state index is 0.0356. The number of aryl methyl sites for hydroxylation is 1. The molecule has 1 aliphatic rings. The predicted octanol–water partition coefficient (Wildman–Crippen LogP) is 5.41. The zero-order valence-electron chi connectivity index (χ0n) is 23.7. The van der Waals surface area contributed by atoms with Crippen molar-refractivity contribution in [3.63, 3.8) is 0 Å². The Hall–Kier alpha value is -4.02. The number of anilines is 2. The third-order valence-corrected chi connectivity index (χ3v) is 8.93. The van der Waals surface area contributed by atoms with Crippen LogP contribution in [0.25, 0.3) is 21.1 Å². The lowest BCUT2D eigenvalue weighted by atomic mass is 9.86. The number of amides is 1. The van der Waals surface area contributed by atoms with Crippen LogP contribution in [0.2, 0.25) is 0 Å². The van der Waals surface area contributed by atoms with Gasteiger partial charge in [0.25, 0.3) is 0 Å². The smallest absolute Gasteiger partial charge is 0.226 e. The summed E-state index contributed by atoms with van der Waals surface area (Å²) < 4.78 is 5.65. The number of benzene rings is 2. The minimum atomic E-state index is -0.0356. The third kappa shape index (κ3) is 5.75. The third-order valence-electron chi connectivity index (χ3n) is 7.77. The Labute approximate surface area is 243 Å². The van der Waals surface area contributed by atoms with E-state index in [0.717, 1.165) is 71.4 Å². The number of aromatic amines is 1. The molecule has 1 amide bonds. The number of carbonyl (C=O) groups is 1. The molecule has 6 rings (SSSR count). The standard InChI is InChI=1S/C31H35N7O2S/c1-37(2)12-7-13-38(18-20-8-5-4-6-9-20)31(39)21-10-11-23-27(15-21)41-30-28(23)29(32-19-33-30)35-25-14-22-17-34-36-24(22)16-26(25)40-3/h4-6,8-9,14,16-17,19,21H,7,10-13,15,18H2,1-3H3,(H,34,36)(H,32,33,35)/t21-/m0/s1. The fraction of sp³-hybridized carbons (Fsp3) is 0.355. The van der Waals surface area contributed by atoms with Crippen LogP contribution in [0.1, 0.15) is 28.8 Å². The molecule has 5 aromatic rings. The first-order valence-electron chi connectivity index (χ1n) is 14.0. The number of aromatic nitrogens is 4. The van der Waals surface area contributed by atoms with Crippen LogP contribution in [-0.2, 0) is 24.2 Å². The van der Waals surface area contributed by atoms with Crippen molar-refractivity contribution < 1.29 is 9.53 Å². The summed E-state index contributed by atoms with van der Waals surface area (Å²) in [7, 11) is 5.81. The van der Waals surface area contributed by atoms with Gasteiger partial charge in [-0.15, -0.1) is 11.3 Å². The second-order valence-electron chi connectivity index (χ2n) is 10.9. The summed E-state index contributed by atoms with van der Waals surface area (Å²) in [5.74, 6) is 1.67. The second kappa shape index (κ2) is 11.8. The Balaban J connectivity index is 1.25. The summed E-state index contributed by atoms with van der Waals surface area (Å²) in [6, 6.07) is 14.2. The summed E-state index contributed by atoms with van der Waals surface area (Å²) >= 11 is 1.68. The van der Waals surface area contributed by atoms with Crippen molar-refractivity contribution in [1.29, 1.82) is 0 Å². The van der Waals surface area contributed by atoms with Crippen LogP contribution in [0.15, 0.2) is 55.0 Å². The van der Waals surface area contributed by atoms with Crippen LogP contribution in [0.3, 0.4) is 0 Å². The van der Waals surface area contributed by atoms with E-state index < -0.39 is 0 Å². The van der Waals surface area contributed by atoms with Gasteiger partial charge in [-0.3, -0.25) is 9.89 Å². The van der Waals surface area contributed by atoms with Crippen molar-refractivity contribution in [1.82, 2.24) is 30.0 Å². The van der Waals surface area contributed by atoms with E-state index in [0.29, 0.717) is 12.3 Å². The van der Waals surface area contributed by atoms with Crippen molar-refractivity contribution in [2.24, 2.45) is 5.92 Å². The van der Waals surface area contributed by atoms with Crippen molar-refractivity contribution in [2.75, 3.05) is 39.6 Å².